The number of hydrogen-bond donors (Lipinski definition) is 3. The number of anilines is 1. The molecule has 0 radical (unpaired) electrons. The molecule has 0 fully saturated rings. The normalized spacial score (nSPS) is 19.3. The molecule has 23 heavy (non-hydrogen) atoms. The van der Waals surface area contributed by atoms with Crippen molar-refractivity contribution in [3.8, 4) is 0 Å². The van der Waals surface area contributed by atoms with Crippen molar-refractivity contribution in [2.24, 2.45) is 0 Å². The second kappa shape index (κ2) is 4.86. The topological polar surface area (TPSA) is 115 Å². The summed E-state index contributed by atoms with van der Waals surface area (Å²) in [6, 6.07) is 0.0267. The van der Waals surface area contributed by atoms with Crippen LogP contribution in [0.15, 0.2) is 18.2 Å². The minimum atomic E-state index is -4.79. The van der Waals surface area contributed by atoms with E-state index >= 15 is 0 Å². The third-order valence-electron chi connectivity index (χ3n) is 3.90. The molecule has 0 bridgehead atoms. The van der Waals surface area contributed by atoms with E-state index in [2.05, 4.69) is 0 Å². The highest BCUT2D eigenvalue weighted by molar-refractivity contribution is 6.12. The van der Waals surface area contributed by atoms with Gasteiger partial charge in [0.25, 0.3) is 0 Å². The number of carbonyl (C=O) groups is 3. The quantitative estimate of drug-likeness (QED) is 0.713. The second-order valence-electron chi connectivity index (χ2n) is 4.98. The van der Waals surface area contributed by atoms with Gasteiger partial charge in [0, 0.05) is 5.56 Å². The van der Waals surface area contributed by atoms with Gasteiger partial charge in [-0.3, -0.25) is 14.5 Å². The number of alkyl halides is 3. The van der Waals surface area contributed by atoms with Gasteiger partial charge in [0.2, 0.25) is 5.41 Å². The van der Waals surface area contributed by atoms with Gasteiger partial charge in [0.05, 0.1) is 17.3 Å². The lowest BCUT2D eigenvalue weighted by molar-refractivity contribution is -0.158. The summed E-state index contributed by atoms with van der Waals surface area (Å²) < 4.78 is 38.4. The molecule has 1 aliphatic heterocycles. The molecule has 1 atom stereocenters. The molecule has 0 saturated heterocycles. The highest BCUT2D eigenvalue weighted by Crippen LogP contribution is 2.48. The van der Waals surface area contributed by atoms with E-state index in [0.717, 1.165) is 6.92 Å². The summed E-state index contributed by atoms with van der Waals surface area (Å²) in [5.74, 6) is -3.72. The van der Waals surface area contributed by atoms with Crippen LogP contribution in [0.3, 0.4) is 0 Å². The van der Waals surface area contributed by atoms with Crippen LogP contribution in [0.1, 0.15) is 18.1 Å². The average Bonchev–Trinajstić information content (AvgIpc) is 2.65. The van der Waals surface area contributed by atoms with Gasteiger partial charge in [-0.15, -0.1) is 0 Å². The van der Waals surface area contributed by atoms with Gasteiger partial charge in [-0.1, -0.05) is 6.07 Å². The van der Waals surface area contributed by atoms with E-state index in [1.165, 1.54) is 0 Å². The number of carboxylic acid groups (broad SMARTS) is 3. The van der Waals surface area contributed by atoms with E-state index in [0.29, 0.717) is 23.1 Å². The number of hydrogen-bond acceptors (Lipinski definition) is 3. The third kappa shape index (κ3) is 2.09. The van der Waals surface area contributed by atoms with Crippen LogP contribution < -0.4 is 4.90 Å². The zero-order valence-electron chi connectivity index (χ0n) is 11.5. The molecule has 7 nitrogen and oxygen atoms in total. The maximum absolute atomic E-state index is 12.8. The summed E-state index contributed by atoms with van der Waals surface area (Å²) in [6.45, 7) is 1.02. The molecule has 1 unspecified atom stereocenters. The molecule has 3 N–H and O–H groups in total. The Kier molecular flexibility index (Phi) is 3.51. The summed E-state index contributed by atoms with van der Waals surface area (Å²) in [6.07, 6.45) is -6.54. The maximum atomic E-state index is 12.8. The second-order valence-corrected chi connectivity index (χ2v) is 4.98. The van der Waals surface area contributed by atoms with Crippen LogP contribution in [0, 0.1) is 0 Å². The van der Waals surface area contributed by atoms with Crippen molar-refractivity contribution in [2.45, 2.75) is 24.6 Å². The fourth-order valence-corrected chi connectivity index (χ4v) is 2.82. The Morgan fingerprint density at radius 1 is 1.13 bits per heavy atom. The zero-order valence-corrected chi connectivity index (χ0v) is 11.5. The monoisotopic (exact) mass is 333 g/mol. The predicted molar refractivity (Wildman–Crippen MR) is 68.4 cm³/mol. The Hall–Kier alpha value is -2.78. The van der Waals surface area contributed by atoms with E-state index in [4.69, 9.17) is 0 Å². The first-order chi connectivity index (χ1) is 10.5. The lowest BCUT2D eigenvalue weighted by Gasteiger charge is -2.27. The number of benzene rings is 1. The Balaban J connectivity index is 2.84. The van der Waals surface area contributed by atoms with Crippen molar-refractivity contribution in [3.05, 3.63) is 29.3 Å². The highest BCUT2D eigenvalue weighted by Gasteiger charge is 2.62. The molecule has 1 aliphatic rings. The summed E-state index contributed by atoms with van der Waals surface area (Å²) in [5.41, 5.74) is -5.01. The Labute approximate surface area is 126 Å². The van der Waals surface area contributed by atoms with Gasteiger partial charge in [-0.25, -0.2) is 4.79 Å². The first kappa shape index (κ1) is 16.6. The molecular weight excluding hydrogens is 323 g/mol. The smallest absolute Gasteiger partial charge is 0.416 e. The van der Waals surface area contributed by atoms with Crippen LogP contribution in [0.2, 0.25) is 0 Å². The number of aliphatic carboxylic acids is 2. The van der Waals surface area contributed by atoms with E-state index < -0.39 is 52.5 Å². The van der Waals surface area contributed by atoms with Crippen LogP contribution >= 0.6 is 0 Å². The van der Waals surface area contributed by atoms with Gasteiger partial charge in [-0.05, 0) is 19.1 Å². The van der Waals surface area contributed by atoms with Gasteiger partial charge >= 0.3 is 24.2 Å². The van der Waals surface area contributed by atoms with Crippen molar-refractivity contribution in [1.82, 2.24) is 0 Å². The maximum Gasteiger partial charge on any atom is 0.416 e. The first-order valence-corrected chi connectivity index (χ1v) is 6.16. The Bertz CT molecular complexity index is 700. The molecule has 2 rings (SSSR count). The number of carboxylic acids is 2. The van der Waals surface area contributed by atoms with Crippen molar-refractivity contribution < 1.29 is 42.9 Å². The standard InChI is InChI=1S/C13H10F3NO6/c1-5-12(9(18)19,10(20)21)7-3-2-6(13(14,15)16)4-8(7)17(5)11(22)23/h2-5H,1H3,(H,18,19)(H,20,21)(H,22,23). The largest absolute Gasteiger partial charge is 0.480 e. The fraction of sp³-hybridized carbons (Fsp3) is 0.308. The summed E-state index contributed by atoms with van der Waals surface area (Å²) in [4.78, 5) is 34.8. The van der Waals surface area contributed by atoms with E-state index in [1.807, 2.05) is 0 Å². The third-order valence-corrected chi connectivity index (χ3v) is 3.90. The lowest BCUT2D eigenvalue weighted by atomic mass is 9.77. The van der Waals surface area contributed by atoms with E-state index in [-0.39, 0.29) is 0 Å². The molecule has 0 saturated carbocycles. The number of fused-ring (bicyclic) bond motifs is 1. The van der Waals surface area contributed by atoms with Crippen LogP contribution in [-0.4, -0.2) is 39.4 Å². The molecule has 0 spiro atoms. The van der Waals surface area contributed by atoms with Gasteiger partial charge in [0.1, 0.15) is 0 Å². The van der Waals surface area contributed by atoms with Crippen LogP contribution in [0.5, 0.6) is 0 Å². The highest BCUT2D eigenvalue weighted by atomic mass is 19.4. The molecule has 1 heterocycles. The van der Waals surface area contributed by atoms with E-state index in [1.54, 1.807) is 0 Å². The zero-order chi connectivity index (χ0) is 17.7. The van der Waals surface area contributed by atoms with Crippen LogP contribution in [0.4, 0.5) is 23.7 Å². The molecule has 124 valence electrons. The van der Waals surface area contributed by atoms with Crippen LogP contribution in [0.25, 0.3) is 0 Å². The fourth-order valence-electron chi connectivity index (χ4n) is 2.82. The minimum absolute atomic E-state index is 0.326. The van der Waals surface area contributed by atoms with Gasteiger partial charge < -0.3 is 15.3 Å². The van der Waals surface area contributed by atoms with Crippen molar-refractivity contribution in [3.63, 3.8) is 0 Å². The molecule has 10 heteroatoms. The van der Waals surface area contributed by atoms with Crippen molar-refractivity contribution in [1.29, 1.82) is 0 Å². The molecule has 1 amide bonds. The van der Waals surface area contributed by atoms with Gasteiger partial charge in [0.15, 0.2) is 0 Å². The summed E-state index contributed by atoms with van der Waals surface area (Å²) >= 11 is 0. The molecule has 0 aliphatic carbocycles. The Morgan fingerprint density at radius 3 is 2.04 bits per heavy atom. The molecule has 1 aromatic rings. The minimum Gasteiger partial charge on any atom is -0.480 e. The molecule has 1 aromatic carbocycles. The predicted octanol–water partition coefficient (Wildman–Crippen LogP) is 2.00. The summed E-state index contributed by atoms with van der Waals surface area (Å²) in [7, 11) is 0. The lowest BCUT2D eigenvalue weighted by Crippen LogP contribution is -2.54. The van der Waals surface area contributed by atoms with Gasteiger partial charge in [-0.2, -0.15) is 13.2 Å². The summed E-state index contributed by atoms with van der Waals surface area (Å²) in [5, 5.41) is 27.9. The molecule has 0 aromatic heterocycles. The number of amides is 1. The number of rotatable bonds is 2. The first-order valence-electron chi connectivity index (χ1n) is 6.16. The number of nitrogens with zero attached hydrogens (tertiary/aromatic N) is 1. The van der Waals surface area contributed by atoms with Crippen molar-refractivity contribution >= 4 is 23.7 Å². The SMILES string of the molecule is CC1N(C(=O)O)c2cc(C(F)(F)F)ccc2C1(C(=O)O)C(=O)O. The van der Waals surface area contributed by atoms with Crippen LogP contribution in [-0.2, 0) is 21.2 Å². The average molecular weight is 333 g/mol. The van der Waals surface area contributed by atoms with E-state index in [9.17, 15) is 42.9 Å². The Morgan fingerprint density at radius 2 is 1.65 bits per heavy atom. The van der Waals surface area contributed by atoms with Crippen molar-refractivity contribution in [2.75, 3.05) is 4.90 Å². The molecular formula is C13H10F3NO6. The number of halogens is 3.